The molecule has 8 aromatic rings. The molecule has 0 aliphatic carbocycles. The number of hydrogen-bond donors (Lipinski definition) is 0. The Morgan fingerprint density at radius 1 is 0.468 bits per heavy atom. The third-order valence-corrected chi connectivity index (χ3v) is 8.77. The van der Waals surface area contributed by atoms with Gasteiger partial charge in [-0.15, -0.1) is 69.1 Å². The Labute approximate surface area is 296 Å². The van der Waals surface area contributed by atoms with Crippen molar-refractivity contribution in [2.45, 2.75) is 26.7 Å². The number of aromatic nitrogens is 2. The van der Waals surface area contributed by atoms with E-state index in [9.17, 15) is 0 Å². The van der Waals surface area contributed by atoms with Gasteiger partial charge in [-0.05, 0) is 47.2 Å². The molecule has 0 aliphatic rings. The van der Waals surface area contributed by atoms with Gasteiger partial charge in [0.15, 0.2) is 0 Å². The van der Waals surface area contributed by atoms with Gasteiger partial charge in [0.05, 0.1) is 0 Å². The molecule has 0 fully saturated rings. The van der Waals surface area contributed by atoms with Gasteiger partial charge in [0.25, 0.3) is 0 Å². The van der Waals surface area contributed by atoms with E-state index in [2.05, 4.69) is 145 Å². The number of aryl methyl sites for hydroxylation is 2. The van der Waals surface area contributed by atoms with Crippen molar-refractivity contribution in [1.29, 1.82) is 0 Å². The van der Waals surface area contributed by atoms with Crippen molar-refractivity contribution in [3.63, 3.8) is 0 Å². The molecule has 2 heterocycles. The zero-order chi connectivity index (χ0) is 31.3. The summed E-state index contributed by atoms with van der Waals surface area (Å²) in [6.07, 6.45) is 5.84. The molecule has 0 spiro atoms. The van der Waals surface area contributed by atoms with Crippen molar-refractivity contribution in [2.75, 3.05) is 0 Å². The maximum Gasteiger partial charge on any atom is 2.00 e. The molecule has 8 rings (SSSR count). The van der Waals surface area contributed by atoms with Crippen molar-refractivity contribution in [1.82, 2.24) is 9.97 Å². The van der Waals surface area contributed by atoms with Gasteiger partial charge in [0.1, 0.15) is 0 Å². The van der Waals surface area contributed by atoms with E-state index in [0.717, 1.165) is 24.2 Å². The largest absolute Gasteiger partial charge is 2.00 e. The standard InChI is InChI=1S/2C22H18N.Zr/c2*1-2-16-9-11-17(12-10-16)20-7-5-6-18-14-19(15-21(18)20)22-8-3-4-13-23-22;/h2*3-15H,2H2,1H3;/q2*-1;+2. The van der Waals surface area contributed by atoms with Gasteiger partial charge >= 0.3 is 26.2 Å². The number of fused-ring (bicyclic) bond motifs is 2. The van der Waals surface area contributed by atoms with Crippen molar-refractivity contribution >= 4 is 21.5 Å². The van der Waals surface area contributed by atoms with Crippen LogP contribution in [0.5, 0.6) is 0 Å². The zero-order valence-electron chi connectivity index (χ0n) is 26.8. The van der Waals surface area contributed by atoms with Crippen LogP contribution in [-0.2, 0) is 39.0 Å². The Kier molecular flexibility index (Phi) is 10.1. The molecule has 47 heavy (non-hydrogen) atoms. The zero-order valence-corrected chi connectivity index (χ0v) is 29.3. The summed E-state index contributed by atoms with van der Waals surface area (Å²) < 4.78 is 0. The smallest absolute Gasteiger partial charge is 0.295 e. The van der Waals surface area contributed by atoms with Crippen LogP contribution in [-0.4, -0.2) is 9.97 Å². The second-order valence-electron chi connectivity index (χ2n) is 11.6. The van der Waals surface area contributed by atoms with Crippen molar-refractivity contribution < 1.29 is 26.2 Å². The van der Waals surface area contributed by atoms with Crippen LogP contribution in [0.3, 0.4) is 0 Å². The molecule has 226 valence electrons. The minimum absolute atomic E-state index is 0. The second-order valence-corrected chi connectivity index (χ2v) is 11.6. The fourth-order valence-corrected chi connectivity index (χ4v) is 6.18. The van der Waals surface area contributed by atoms with Gasteiger partial charge in [0, 0.05) is 23.8 Å². The molecule has 3 heteroatoms. The van der Waals surface area contributed by atoms with E-state index < -0.39 is 0 Å². The second kappa shape index (κ2) is 14.8. The molecular weight excluding hydrogens is 648 g/mol. The minimum Gasteiger partial charge on any atom is -0.295 e. The third kappa shape index (κ3) is 7.02. The van der Waals surface area contributed by atoms with Crippen molar-refractivity contribution in [3.05, 3.63) is 169 Å². The molecule has 2 aromatic heterocycles. The molecule has 0 amide bonds. The van der Waals surface area contributed by atoms with Crippen molar-refractivity contribution in [3.8, 4) is 44.8 Å². The summed E-state index contributed by atoms with van der Waals surface area (Å²) >= 11 is 0. The molecule has 0 saturated heterocycles. The molecule has 6 aromatic carbocycles. The average Bonchev–Trinajstić information content (AvgIpc) is 3.78. The molecule has 0 saturated carbocycles. The summed E-state index contributed by atoms with van der Waals surface area (Å²) in [5.41, 5.74) is 12.3. The van der Waals surface area contributed by atoms with E-state index in [0.29, 0.717) is 0 Å². The Morgan fingerprint density at radius 3 is 1.26 bits per heavy atom. The maximum atomic E-state index is 4.47. The van der Waals surface area contributed by atoms with E-state index in [1.807, 2.05) is 36.7 Å². The van der Waals surface area contributed by atoms with Crippen LogP contribution in [0.1, 0.15) is 25.0 Å². The van der Waals surface area contributed by atoms with E-state index in [-0.39, 0.29) is 26.2 Å². The van der Waals surface area contributed by atoms with Gasteiger partial charge in [-0.25, -0.2) is 0 Å². The molecule has 0 radical (unpaired) electrons. The average molecular weight is 684 g/mol. The Bertz CT molecular complexity index is 2030. The van der Waals surface area contributed by atoms with Crippen LogP contribution < -0.4 is 0 Å². The maximum absolute atomic E-state index is 4.47. The van der Waals surface area contributed by atoms with E-state index >= 15 is 0 Å². The Balaban J connectivity index is 0.000000161. The van der Waals surface area contributed by atoms with Crippen LogP contribution in [0.4, 0.5) is 0 Å². The van der Waals surface area contributed by atoms with Gasteiger partial charge in [-0.2, -0.15) is 0 Å². The summed E-state index contributed by atoms with van der Waals surface area (Å²) in [4.78, 5) is 8.94. The molecular formula is C44H36N2Zr. The summed E-state index contributed by atoms with van der Waals surface area (Å²) in [7, 11) is 0. The number of rotatable bonds is 6. The monoisotopic (exact) mass is 682 g/mol. The van der Waals surface area contributed by atoms with E-state index in [1.54, 1.807) is 0 Å². The molecule has 0 bridgehead atoms. The summed E-state index contributed by atoms with van der Waals surface area (Å²) in [5.74, 6) is 0. The van der Waals surface area contributed by atoms with Gasteiger partial charge < -0.3 is 0 Å². The van der Waals surface area contributed by atoms with Gasteiger partial charge in [-0.1, -0.05) is 122 Å². The topological polar surface area (TPSA) is 25.8 Å². The molecule has 0 aliphatic heterocycles. The molecule has 2 nitrogen and oxygen atoms in total. The first kappa shape index (κ1) is 32.2. The van der Waals surface area contributed by atoms with E-state index in [4.69, 9.17) is 0 Å². The van der Waals surface area contributed by atoms with Crippen molar-refractivity contribution in [2.24, 2.45) is 0 Å². The Hall–Kier alpha value is -4.72. The summed E-state index contributed by atoms with van der Waals surface area (Å²) in [6, 6.07) is 51.8. The number of nitrogens with zero attached hydrogens (tertiary/aromatic N) is 2. The van der Waals surface area contributed by atoms with Crippen LogP contribution in [0.2, 0.25) is 0 Å². The van der Waals surface area contributed by atoms with Crippen LogP contribution in [0, 0.1) is 0 Å². The van der Waals surface area contributed by atoms with Gasteiger partial charge in [-0.3, -0.25) is 9.97 Å². The minimum atomic E-state index is 0. The predicted octanol–water partition coefficient (Wildman–Crippen LogP) is 11.7. The normalized spacial score (nSPS) is 10.8. The fraction of sp³-hybridized carbons (Fsp3) is 0.0909. The summed E-state index contributed by atoms with van der Waals surface area (Å²) in [6.45, 7) is 4.37. The number of benzene rings is 4. The van der Waals surface area contributed by atoms with E-state index in [1.165, 1.54) is 66.1 Å². The molecule has 0 atom stereocenters. The number of hydrogen-bond acceptors (Lipinski definition) is 2. The summed E-state index contributed by atoms with van der Waals surface area (Å²) in [5, 5.41) is 5.11. The first-order valence-corrected chi connectivity index (χ1v) is 16.1. The first-order valence-electron chi connectivity index (χ1n) is 16.1. The molecule has 0 N–H and O–H groups in total. The fourth-order valence-electron chi connectivity index (χ4n) is 6.18. The molecule has 0 unspecified atom stereocenters. The van der Waals surface area contributed by atoms with Crippen LogP contribution in [0.15, 0.2) is 158 Å². The third-order valence-electron chi connectivity index (χ3n) is 8.77. The van der Waals surface area contributed by atoms with Crippen LogP contribution in [0.25, 0.3) is 66.3 Å². The predicted molar refractivity (Wildman–Crippen MR) is 195 cm³/mol. The van der Waals surface area contributed by atoms with Gasteiger partial charge in [0.2, 0.25) is 0 Å². The number of pyridine rings is 2. The van der Waals surface area contributed by atoms with Crippen LogP contribution >= 0.6 is 0 Å². The first-order chi connectivity index (χ1) is 22.7. The Morgan fingerprint density at radius 2 is 0.894 bits per heavy atom. The quantitative estimate of drug-likeness (QED) is 0.163. The SMILES string of the molecule is CCc1ccc(-c2cccc3[cH-]c(-c4ccccn4)cc23)cc1.CCc1ccc(-c2cccc3[cH-]c(-c4ccccn4)cc23)cc1.[Zr+2].